The predicted octanol–water partition coefficient (Wildman–Crippen LogP) is 3.61. The van der Waals surface area contributed by atoms with E-state index in [0.29, 0.717) is 16.4 Å². The van der Waals surface area contributed by atoms with Crippen LogP contribution in [0.4, 0.5) is 0 Å². The van der Waals surface area contributed by atoms with Crippen LogP contribution in [0.3, 0.4) is 0 Å². The number of halogens is 1. The molecule has 0 fully saturated rings. The Labute approximate surface area is 166 Å². The number of nitrogens with one attached hydrogen (secondary N) is 1. The fourth-order valence-electron chi connectivity index (χ4n) is 2.32. The zero-order valence-corrected chi connectivity index (χ0v) is 15.6. The van der Waals surface area contributed by atoms with Gasteiger partial charge in [0, 0.05) is 12.5 Å². The largest absolute Gasteiger partial charge is 0.451 e. The Kier molecular flexibility index (Phi) is 6.18. The van der Waals surface area contributed by atoms with Crippen molar-refractivity contribution >= 4 is 29.6 Å². The third kappa shape index (κ3) is 5.05. The van der Waals surface area contributed by atoms with E-state index in [1.54, 1.807) is 36.4 Å². The van der Waals surface area contributed by atoms with Gasteiger partial charge < -0.3 is 14.6 Å². The van der Waals surface area contributed by atoms with Crippen molar-refractivity contribution < 1.29 is 18.8 Å². The zero-order chi connectivity index (χ0) is 19.9. The molecule has 0 saturated carbocycles. The van der Waals surface area contributed by atoms with E-state index in [2.05, 4.69) is 15.5 Å². The van der Waals surface area contributed by atoms with Crippen molar-refractivity contribution in [1.82, 2.24) is 15.5 Å². The smallest absolute Gasteiger partial charge is 0.355 e. The molecule has 0 aliphatic rings. The molecular formula is C20H16ClN3O4. The average Bonchev–Trinajstić information content (AvgIpc) is 3.15. The first-order chi connectivity index (χ1) is 13.5. The van der Waals surface area contributed by atoms with E-state index in [0.717, 1.165) is 5.56 Å². The number of ether oxygens (including phenoxy) is 1. The highest BCUT2D eigenvalue weighted by Crippen LogP contribution is 2.25. The third-order valence-electron chi connectivity index (χ3n) is 3.55. The van der Waals surface area contributed by atoms with Crippen LogP contribution in [0.25, 0.3) is 17.5 Å². The van der Waals surface area contributed by atoms with Gasteiger partial charge in [-0.15, -0.1) is 0 Å². The molecule has 1 aromatic heterocycles. The summed E-state index contributed by atoms with van der Waals surface area (Å²) in [6.45, 7) is 1.06. The molecule has 28 heavy (non-hydrogen) atoms. The van der Waals surface area contributed by atoms with E-state index in [1.807, 2.05) is 18.2 Å². The van der Waals surface area contributed by atoms with Crippen LogP contribution < -0.4 is 5.32 Å². The number of hydrogen-bond donors (Lipinski definition) is 1. The fraction of sp³-hybridized carbons (Fsp3) is 0.100. The molecule has 0 saturated heterocycles. The second-order valence-corrected chi connectivity index (χ2v) is 6.12. The van der Waals surface area contributed by atoms with Gasteiger partial charge in [0.1, 0.15) is 5.70 Å². The molecule has 7 nitrogen and oxygen atoms in total. The number of benzene rings is 2. The van der Waals surface area contributed by atoms with Crippen molar-refractivity contribution in [3.05, 3.63) is 76.8 Å². The number of carbonyl (C=O) groups is 2. The van der Waals surface area contributed by atoms with Gasteiger partial charge in [-0.3, -0.25) is 4.79 Å². The molecule has 3 aromatic rings. The summed E-state index contributed by atoms with van der Waals surface area (Å²) in [5, 5.41) is 6.78. The van der Waals surface area contributed by atoms with Crippen LogP contribution in [0.1, 0.15) is 18.4 Å². The van der Waals surface area contributed by atoms with Crippen molar-refractivity contribution in [3.63, 3.8) is 0 Å². The third-order valence-corrected chi connectivity index (χ3v) is 3.88. The normalized spacial score (nSPS) is 11.1. The molecule has 0 atom stereocenters. The second-order valence-electron chi connectivity index (χ2n) is 5.72. The minimum absolute atomic E-state index is 0.00421. The van der Waals surface area contributed by atoms with Crippen molar-refractivity contribution in [1.29, 1.82) is 0 Å². The van der Waals surface area contributed by atoms with Crippen molar-refractivity contribution in [3.8, 4) is 11.4 Å². The summed E-state index contributed by atoms with van der Waals surface area (Å²) in [5.41, 5.74) is 1.35. The number of rotatable bonds is 6. The number of esters is 1. The lowest BCUT2D eigenvalue weighted by Crippen LogP contribution is -2.26. The number of amides is 1. The van der Waals surface area contributed by atoms with Crippen LogP contribution >= 0.6 is 11.6 Å². The standard InChI is InChI=1S/C20H16ClN3O4/c1-13(25)22-17(11-14-7-3-2-4-8-14)20(26)27-12-18-23-19(24-28-18)15-9-5-6-10-16(15)21/h2-11H,12H2,1H3,(H,22,25)/b17-11-. The number of hydrogen-bond acceptors (Lipinski definition) is 6. The van der Waals surface area contributed by atoms with Gasteiger partial charge in [0.25, 0.3) is 5.89 Å². The SMILES string of the molecule is CC(=O)N/C(=C\c1ccccc1)C(=O)OCc1nc(-c2ccccc2Cl)no1. The van der Waals surface area contributed by atoms with Crippen molar-refractivity contribution in [2.24, 2.45) is 0 Å². The molecule has 142 valence electrons. The van der Waals surface area contributed by atoms with Crippen LogP contribution in [-0.2, 0) is 20.9 Å². The van der Waals surface area contributed by atoms with Gasteiger partial charge in [-0.25, -0.2) is 4.79 Å². The molecule has 8 heteroatoms. The maximum atomic E-state index is 12.4. The van der Waals surface area contributed by atoms with Gasteiger partial charge in [-0.1, -0.05) is 59.2 Å². The number of aromatic nitrogens is 2. The first kappa shape index (κ1) is 19.3. The van der Waals surface area contributed by atoms with E-state index in [4.69, 9.17) is 20.9 Å². The number of nitrogens with zero attached hydrogens (tertiary/aromatic N) is 2. The molecule has 0 spiro atoms. The number of carbonyl (C=O) groups excluding carboxylic acids is 2. The minimum atomic E-state index is -0.725. The highest BCUT2D eigenvalue weighted by atomic mass is 35.5. The maximum Gasteiger partial charge on any atom is 0.355 e. The Morgan fingerprint density at radius 3 is 2.57 bits per heavy atom. The summed E-state index contributed by atoms with van der Waals surface area (Å²) in [5.74, 6) is -0.724. The van der Waals surface area contributed by atoms with Gasteiger partial charge in [0.2, 0.25) is 11.7 Å². The molecule has 1 N–H and O–H groups in total. The van der Waals surface area contributed by atoms with Crippen LogP contribution in [0.15, 0.2) is 64.8 Å². The van der Waals surface area contributed by atoms with Crippen LogP contribution in [0.2, 0.25) is 5.02 Å². The minimum Gasteiger partial charge on any atom is -0.451 e. The summed E-state index contributed by atoms with van der Waals surface area (Å²) < 4.78 is 10.3. The van der Waals surface area contributed by atoms with E-state index in [9.17, 15) is 9.59 Å². The van der Waals surface area contributed by atoms with E-state index < -0.39 is 11.9 Å². The summed E-state index contributed by atoms with van der Waals surface area (Å²) in [7, 11) is 0. The van der Waals surface area contributed by atoms with E-state index in [1.165, 1.54) is 13.0 Å². The van der Waals surface area contributed by atoms with Gasteiger partial charge in [-0.05, 0) is 23.8 Å². The van der Waals surface area contributed by atoms with Gasteiger partial charge in [0.05, 0.1) is 5.02 Å². The monoisotopic (exact) mass is 397 g/mol. The lowest BCUT2D eigenvalue weighted by Gasteiger charge is -2.07. The Morgan fingerprint density at radius 2 is 1.86 bits per heavy atom. The summed E-state index contributed by atoms with van der Waals surface area (Å²) in [6.07, 6.45) is 1.52. The Balaban J connectivity index is 1.70. The zero-order valence-electron chi connectivity index (χ0n) is 14.9. The molecule has 1 heterocycles. The van der Waals surface area contributed by atoms with Crippen LogP contribution in [-0.4, -0.2) is 22.0 Å². The topological polar surface area (TPSA) is 94.3 Å². The van der Waals surface area contributed by atoms with Crippen LogP contribution in [0.5, 0.6) is 0 Å². The Hall–Kier alpha value is -3.45. The molecule has 0 aliphatic heterocycles. The molecule has 0 radical (unpaired) electrons. The second kappa shape index (κ2) is 8.96. The van der Waals surface area contributed by atoms with E-state index >= 15 is 0 Å². The quantitative estimate of drug-likeness (QED) is 0.504. The molecule has 3 rings (SSSR count). The molecule has 1 amide bonds. The fourth-order valence-corrected chi connectivity index (χ4v) is 2.54. The molecule has 0 unspecified atom stereocenters. The Morgan fingerprint density at radius 1 is 1.14 bits per heavy atom. The molecule has 2 aromatic carbocycles. The van der Waals surface area contributed by atoms with Crippen molar-refractivity contribution in [2.45, 2.75) is 13.5 Å². The first-order valence-electron chi connectivity index (χ1n) is 8.32. The highest BCUT2D eigenvalue weighted by Gasteiger charge is 2.16. The predicted molar refractivity (Wildman–Crippen MR) is 103 cm³/mol. The van der Waals surface area contributed by atoms with Crippen molar-refractivity contribution in [2.75, 3.05) is 0 Å². The molecular weight excluding hydrogens is 382 g/mol. The average molecular weight is 398 g/mol. The lowest BCUT2D eigenvalue weighted by atomic mass is 10.2. The van der Waals surface area contributed by atoms with Crippen LogP contribution in [0, 0.1) is 0 Å². The summed E-state index contributed by atoms with van der Waals surface area (Å²) >= 11 is 6.11. The highest BCUT2D eigenvalue weighted by molar-refractivity contribution is 6.33. The van der Waals surface area contributed by atoms with Gasteiger partial charge in [0.15, 0.2) is 6.61 Å². The summed E-state index contributed by atoms with van der Waals surface area (Å²) in [6, 6.07) is 16.1. The lowest BCUT2D eigenvalue weighted by molar-refractivity contribution is -0.142. The summed E-state index contributed by atoms with van der Waals surface area (Å²) in [4.78, 5) is 27.9. The van der Waals surface area contributed by atoms with E-state index in [-0.39, 0.29) is 18.2 Å². The van der Waals surface area contributed by atoms with Gasteiger partial charge in [-0.2, -0.15) is 4.98 Å². The maximum absolute atomic E-state index is 12.4. The molecule has 0 bridgehead atoms. The first-order valence-corrected chi connectivity index (χ1v) is 8.69. The van der Waals surface area contributed by atoms with Gasteiger partial charge >= 0.3 is 5.97 Å². The molecule has 0 aliphatic carbocycles. The Bertz CT molecular complexity index is 1020.